The van der Waals surface area contributed by atoms with Crippen molar-refractivity contribution in [1.82, 2.24) is 5.32 Å². The van der Waals surface area contributed by atoms with Crippen LogP contribution in [0.5, 0.6) is 5.75 Å². The Morgan fingerprint density at radius 3 is 2.50 bits per heavy atom. The van der Waals surface area contributed by atoms with Gasteiger partial charge in [-0.15, -0.1) is 0 Å². The van der Waals surface area contributed by atoms with Crippen molar-refractivity contribution >= 4 is 16.7 Å². The molecule has 0 aliphatic rings. The average Bonchev–Trinajstić information content (AvgIpc) is 2.66. The molecule has 0 atom stereocenters. The highest BCUT2D eigenvalue weighted by molar-refractivity contribution is 5.91. The lowest BCUT2D eigenvalue weighted by atomic mass is 9.95. The molecule has 3 nitrogen and oxygen atoms in total. The molecule has 3 rings (SSSR count). The predicted molar refractivity (Wildman–Crippen MR) is 103 cm³/mol. The standard InChI is InChI=1S/C22H20F3NO2/c1-14(27)26-12-11-16-6-3-5-15-9-10-17(13-19(15)16)18-7-4-8-20(21(18)28-2)22(23,24)25/h3-10,13H,11-12H2,1-2H3,(H,26,27). The fourth-order valence-electron chi connectivity index (χ4n) is 3.30. The minimum absolute atomic E-state index is 0.102. The van der Waals surface area contributed by atoms with Crippen LogP contribution in [0.1, 0.15) is 18.1 Å². The Labute approximate surface area is 161 Å². The Hall–Kier alpha value is -3.02. The normalized spacial score (nSPS) is 11.5. The second kappa shape index (κ2) is 7.92. The summed E-state index contributed by atoms with van der Waals surface area (Å²) >= 11 is 0. The molecule has 0 aromatic heterocycles. The third-order valence-corrected chi connectivity index (χ3v) is 4.58. The number of carbonyl (C=O) groups excluding carboxylic acids is 1. The first-order chi connectivity index (χ1) is 13.3. The number of alkyl halides is 3. The lowest BCUT2D eigenvalue weighted by molar-refractivity contribution is -0.138. The van der Waals surface area contributed by atoms with Gasteiger partial charge in [0.2, 0.25) is 5.91 Å². The van der Waals surface area contributed by atoms with Gasteiger partial charge in [-0.3, -0.25) is 4.79 Å². The first-order valence-electron chi connectivity index (χ1n) is 8.82. The van der Waals surface area contributed by atoms with Gasteiger partial charge >= 0.3 is 6.18 Å². The highest BCUT2D eigenvalue weighted by Gasteiger charge is 2.35. The monoisotopic (exact) mass is 387 g/mol. The Morgan fingerprint density at radius 1 is 1.07 bits per heavy atom. The Kier molecular flexibility index (Phi) is 5.58. The van der Waals surface area contributed by atoms with Crippen molar-refractivity contribution in [2.24, 2.45) is 0 Å². The van der Waals surface area contributed by atoms with Gasteiger partial charge in [0, 0.05) is 19.0 Å². The quantitative estimate of drug-likeness (QED) is 0.652. The molecule has 1 amide bonds. The fraction of sp³-hybridized carbons (Fsp3) is 0.227. The SMILES string of the molecule is COc1c(-c2ccc3cccc(CCNC(C)=O)c3c2)cccc1C(F)(F)F. The molecule has 28 heavy (non-hydrogen) atoms. The van der Waals surface area contributed by atoms with Crippen molar-refractivity contribution in [2.75, 3.05) is 13.7 Å². The molecule has 0 saturated carbocycles. The van der Waals surface area contributed by atoms with Gasteiger partial charge < -0.3 is 10.1 Å². The maximum Gasteiger partial charge on any atom is 0.419 e. The van der Waals surface area contributed by atoms with Gasteiger partial charge in [0.25, 0.3) is 0 Å². The van der Waals surface area contributed by atoms with Crippen LogP contribution in [0.3, 0.4) is 0 Å². The number of hydrogen-bond donors (Lipinski definition) is 1. The number of rotatable bonds is 5. The first-order valence-corrected chi connectivity index (χ1v) is 8.82. The van der Waals surface area contributed by atoms with E-state index in [-0.39, 0.29) is 11.7 Å². The van der Waals surface area contributed by atoms with Crippen LogP contribution in [0.25, 0.3) is 21.9 Å². The van der Waals surface area contributed by atoms with E-state index < -0.39 is 11.7 Å². The van der Waals surface area contributed by atoms with E-state index in [0.29, 0.717) is 24.1 Å². The van der Waals surface area contributed by atoms with E-state index in [4.69, 9.17) is 4.74 Å². The lowest BCUT2D eigenvalue weighted by Gasteiger charge is -2.16. The molecule has 0 fully saturated rings. The van der Waals surface area contributed by atoms with Crippen LogP contribution in [-0.2, 0) is 17.4 Å². The van der Waals surface area contributed by atoms with Crippen molar-refractivity contribution in [3.05, 3.63) is 65.7 Å². The fourth-order valence-corrected chi connectivity index (χ4v) is 3.30. The molecule has 1 N–H and O–H groups in total. The highest BCUT2D eigenvalue weighted by atomic mass is 19.4. The zero-order valence-electron chi connectivity index (χ0n) is 15.6. The number of methoxy groups -OCH3 is 1. The van der Waals surface area contributed by atoms with Gasteiger partial charge in [-0.2, -0.15) is 13.2 Å². The number of nitrogens with one attached hydrogen (secondary N) is 1. The van der Waals surface area contributed by atoms with Gasteiger partial charge in [-0.05, 0) is 40.5 Å². The second-order valence-corrected chi connectivity index (χ2v) is 6.47. The van der Waals surface area contributed by atoms with Gasteiger partial charge in [-0.25, -0.2) is 0 Å². The van der Waals surface area contributed by atoms with E-state index in [1.165, 1.54) is 20.1 Å². The number of carbonyl (C=O) groups is 1. The topological polar surface area (TPSA) is 38.3 Å². The molecule has 0 unspecified atom stereocenters. The molecule has 0 radical (unpaired) electrons. The molecule has 6 heteroatoms. The van der Waals surface area contributed by atoms with E-state index in [1.807, 2.05) is 30.3 Å². The molecule has 0 aliphatic carbocycles. The maximum absolute atomic E-state index is 13.3. The summed E-state index contributed by atoms with van der Waals surface area (Å²) < 4.78 is 45.1. The predicted octanol–water partition coefficient (Wildman–Crippen LogP) is 5.21. The third kappa shape index (κ3) is 4.11. The summed E-state index contributed by atoms with van der Waals surface area (Å²) in [6.45, 7) is 1.95. The van der Waals surface area contributed by atoms with Crippen LogP contribution >= 0.6 is 0 Å². The van der Waals surface area contributed by atoms with Crippen molar-refractivity contribution in [3.8, 4) is 16.9 Å². The van der Waals surface area contributed by atoms with Crippen LogP contribution in [-0.4, -0.2) is 19.6 Å². The molecule has 0 spiro atoms. The molecule has 0 saturated heterocycles. The van der Waals surface area contributed by atoms with Crippen LogP contribution in [0.15, 0.2) is 54.6 Å². The van der Waals surface area contributed by atoms with E-state index >= 15 is 0 Å². The van der Waals surface area contributed by atoms with E-state index in [2.05, 4.69) is 5.32 Å². The van der Waals surface area contributed by atoms with Crippen molar-refractivity contribution in [2.45, 2.75) is 19.5 Å². The Morgan fingerprint density at radius 2 is 1.82 bits per heavy atom. The van der Waals surface area contributed by atoms with Crippen molar-refractivity contribution < 1.29 is 22.7 Å². The molecule has 0 bridgehead atoms. The number of amides is 1. The summed E-state index contributed by atoms with van der Waals surface area (Å²) in [4.78, 5) is 11.1. The van der Waals surface area contributed by atoms with Gasteiger partial charge in [0.05, 0.1) is 12.7 Å². The first kappa shape index (κ1) is 19.7. The zero-order chi connectivity index (χ0) is 20.3. The van der Waals surface area contributed by atoms with Crippen molar-refractivity contribution in [3.63, 3.8) is 0 Å². The van der Waals surface area contributed by atoms with E-state index in [9.17, 15) is 18.0 Å². The smallest absolute Gasteiger partial charge is 0.419 e. The molecule has 0 heterocycles. The van der Waals surface area contributed by atoms with Crippen LogP contribution in [0.4, 0.5) is 13.2 Å². The van der Waals surface area contributed by atoms with Crippen molar-refractivity contribution in [1.29, 1.82) is 0 Å². The zero-order valence-corrected chi connectivity index (χ0v) is 15.6. The molecule has 3 aromatic carbocycles. The van der Waals surface area contributed by atoms with E-state index in [0.717, 1.165) is 22.4 Å². The minimum atomic E-state index is -4.50. The Bertz CT molecular complexity index is 1010. The Balaban J connectivity index is 2.09. The largest absolute Gasteiger partial charge is 0.495 e. The number of halogens is 3. The summed E-state index contributed by atoms with van der Waals surface area (Å²) in [5.74, 6) is -0.292. The number of fused-ring (bicyclic) bond motifs is 1. The van der Waals surface area contributed by atoms with Gasteiger partial charge in [0.15, 0.2) is 0 Å². The van der Waals surface area contributed by atoms with E-state index in [1.54, 1.807) is 12.1 Å². The maximum atomic E-state index is 13.3. The van der Waals surface area contributed by atoms with Crippen LogP contribution in [0.2, 0.25) is 0 Å². The summed E-state index contributed by atoms with van der Waals surface area (Å²) in [6, 6.07) is 15.4. The number of ether oxygens (including phenoxy) is 1. The minimum Gasteiger partial charge on any atom is -0.495 e. The summed E-state index contributed by atoms with van der Waals surface area (Å²) in [7, 11) is 1.24. The molecule has 146 valence electrons. The van der Waals surface area contributed by atoms with Crippen LogP contribution in [0, 0.1) is 0 Å². The molecule has 0 aliphatic heterocycles. The number of para-hydroxylation sites is 1. The number of benzene rings is 3. The van der Waals surface area contributed by atoms with Gasteiger partial charge in [0.1, 0.15) is 5.75 Å². The molecule has 3 aromatic rings. The molecular formula is C22H20F3NO2. The highest BCUT2D eigenvalue weighted by Crippen LogP contribution is 2.42. The van der Waals surface area contributed by atoms with Gasteiger partial charge in [-0.1, -0.05) is 42.5 Å². The third-order valence-electron chi connectivity index (χ3n) is 4.58. The summed E-state index contributed by atoms with van der Waals surface area (Å²) in [5, 5.41) is 4.68. The van der Waals surface area contributed by atoms with Crippen LogP contribution < -0.4 is 10.1 Å². The average molecular weight is 387 g/mol. The second-order valence-electron chi connectivity index (χ2n) is 6.47. The molecular weight excluding hydrogens is 367 g/mol. The summed E-state index contributed by atoms with van der Waals surface area (Å²) in [5.41, 5.74) is 1.24. The number of hydrogen-bond acceptors (Lipinski definition) is 2. The lowest BCUT2D eigenvalue weighted by Crippen LogP contribution is -2.22. The summed E-state index contributed by atoms with van der Waals surface area (Å²) in [6.07, 6.45) is -3.87.